The topological polar surface area (TPSA) is 48.0 Å². The van der Waals surface area contributed by atoms with E-state index in [0.717, 1.165) is 21.8 Å². The van der Waals surface area contributed by atoms with Gasteiger partial charge in [0.15, 0.2) is 5.43 Å². The lowest BCUT2D eigenvalue weighted by Gasteiger charge is -2.13. The first kappa shape index (κ1) is 11.0. The van der Waals surface area contributed by atoms with Crippen LogP contribution in [-0.2, 0) is 6.54 Å². The first-order chi connectivity index (χ1) is 8.83. The van der Waals surface area contributed by atoms with E-state index >= 15 is 0 Å². The monoisotopic (exact) mass is 238 g/mol. The molecular formula is C15H14N2O. The minimum Gasteiger partial charge on any atom is -0.339 e. The third-order valence-corrected chi connectivity index (χ3v) is 3.23. The third kappa shape index (κ3) is 1.52. The van der Waals surface area contributed by atoms with Crippen LogP contribution in [0.5, 0.6) is 0 Å². The zero-order valence-electron chi connectivity index (χ0n) is 9.97. The summed E-state index contributed by atoms with van der Waals surface area (Å²) in [6.07, 6.45) is 0. The zero-order valence-corrected chi connectivity index (χ0v) is 9.97. The van der Waals surface area contributed by atoms with Crippen LogP contribution in [0.3, 0.4) is 0 Å². The summed E-state index contributed by atoms with van der Waals surface area (Å²) in [5.74, 6) is 0. The normalized spacial score (nSPS) is 11.2. The van der Waals surface area contributed by atoms with Gasteiger partial charge < -0.3 is 10.3 Å². The Morgan fingerprint density at radius 1 is 0.889 bits per heavy atom. The van der Waals surface area contributed by atoms with Gasteiger partial charge in [0.05, 0.1) is 11.0 Å². The number of nitrogens with zero attached hydrogens (tertiary/aromatic N) is 1. The third-order valence-electron chi connectivity index (χ3n) is 3.23. The summed E-state index contributed by atoms with van der Waals surface area (Å²) in [7, 11) is 0. The summed E-state index contributed by atoms with van der Waals surface area (Å²) < 4.78 is 2.12. The van der Waals surface area contributed by atoms with Crippen LogP contribution in [0.1, 0.15) is 0 Å². The maximum atomic E-state index is 12.4. The van der Waals surface area contributed by atoms with E-state index in [0.29, 0.717) is 13.1 Å². The van der Waals surface area contributed by atoms with Crippen LogP contribution in [0.4, 0.5) is 0 Å². The number of benzene rings is 2. The van der Waals surface area contributed by atoms with Gasteiger partial charge in [0, 0.05) is 23.9 Å². The number of hydrogen-bond acceptors (Lipinski definition) is 2. The Labute approximate surface area is 104 Å². The summed E-state index contributed by atoms with van der Waals surface area (Å²) in [5, 5.41) is 1.51. The molecule has 18 heavy (non-hydrogen) atoms. The Hall–Kier alpha value is -2.13. The molecule has 1 aromatic heterocycles. The quantitative estimate of drug-likeness (QED) is 0.695. The number of para-hydroxylation sites is 2. The van der Waals surface area contributed by atoms with Crippen molar-refractivity contribution in [3.05, 3.63) is 58.8 Å². The molecule has 1 heterocycles. The molecule has 3 heteroatoms. The Kier molecular flexibility index (Phi) is 2.61. The molecule has 90 valence electrons. The molecule has 0 radical (unpaired) electrons. The predicted molar refractivity (Wildman–Crippen MR) is 74.8 cm³/mol. The fourth-order valence-corrected chi connectivity index (χ4v) is 2.45. The average molecular weight is 238 g/mol. The molecule has 0 saturated heterocycles. The van der Waals surface area contributed by atoms with Crippen molar-refractivity contribution in [3.8, 4) is 0 Å². The molecule has 0 saturated carbocycles. The minimum atomic E-state index is 0.0921. The lowest BCUT2D eigenvalue weighted by molar-refractivity contribution is 0.753. The maximum absolute atomic E-state index is 12.4. The van der Waals surface area contributed by atoms with Crippen LogP contribution in [0, 0.1) is 0 Å². The van der Waals surface area contributed by atoms with Gasteiger partial charge in [-0.2, -0.15) is 0 Å². The number of nitrogens with two attached hydrogens (primary N) is 1. The Bertz CT molecular complexity index is 714. The van der Waals surface area contributed by atoms with Crippen molar-refractivity contribution in [2.24, 2.45) is 5.73 Å². The second-order valence-corrected chi connectivity index (χ2v) is 4.30. The molecule has 0 fully saturated rings. The van der Waals surface area contributed by atoms with Crippen molar-refractivity contribution >= 4 is 21.8 Å². The van der Waals surface area contributed by atoms with Crippen molar-refractivity contribution < 1.29 is 0 Å². The zero-order chi connectivity index (χ0) is 12.5. The molecule has 0 unspecified atom stereocenters. The maximum Gasteiger partial charge on any atom is 0.197 e. The van der Waals surface area contributed by atoms with E-state index in [-0.39, 0.29) is 5.43 Å². The predicted octanol–water partition coefficient (Wildman–Crippen LogP) is 2.11. The van der Waals surface area contributed by atoms with Gasteiger partial charge in [-0.1, -0.05) is 24.3 Å². The van der Waals surface area contributed by atoms with E-state index in [2.05, 4.69) is 4.57 Å². The Morgan fingerprint density at radius 3 is 1.89 bits per heavy atom. The molecule has 0 bridgehead atoms. The van der Waals surface area contributed by atoms with Gasteiger partial charge in [0.25, 0.3) is 0 Å². The number of rotatable bonds is 2. The van der Waals surface area contributed by atoms with E-state index in [9.17, 15) is 4.79 Å². The van der Waals surface area contributed by atoms with Gasteiger partial charge in [-0.25, -0.2) is 0 Å². The highest BCUT2D eigenvalue weighted by Crippen LogP contribution is 2.18. The molecule has 0 aliphatic rings. The van der Waals surface area contributed by atoms with E-state index < -0.39 is 0 Å². The van der Waals surface area contributed by atoms with Gasteiger partial charge in [0.2, 0.25) is 0 Å². The van der Waals surface area contributed by atoms with Crippen LogP contribution in [0.15, 0.2) is 53.3 Å². The highest BCUT2D eigenvalue weighted by Gasteiger charge is 2.08. The van der Waals surface area contributed by atoms with Crippen LogP contribution >= 0.6 is 0 Å². The van der Waals surface area contributed by atoms with E-state index in [1.165, 1.54) is 0 Å². The second kappa shape index (κ2) is 4.27. The molecule has 2 aromatic carbocycles. The summed E-state index contributed by atoms with van der Waals surface area (Å²) in [6.45, 7) is 1.26. The molecule has 2 N–H and O–H groups in total. The average Bonchev–Trinajstić information content (AvgIpc) is 2.43. The molecule has 3 rings (SSSR count). The largest absolute Gasteiger partial charge is 0.339 e. The van der Waals surface area contributed by atoms with Gasteiger partial charge in [-0.3, -0.25) is 4.79 Å². The van der Waals surface area contributed by atoms with Gasteiger partial charge in [-0.15, -0.1) is 0 Å². The smallest absolute Gasteiger partial charge is 0.197 e. The SMILES string of the molecule is NCCn1c2ccccc2c(=O)c2ccccc21. The van der Waals surface area contributed by atoms with E-state index in [1.807, 2.05) is 48.5 Å². The molecule has 0 spiro atoms. The summed E-state index contributed by atoms with van der Waals surface area (Å²) >= 11 is 0. The van der Waals surface area contributed by atoms with E-state index in [1.54, 1.807) is 0 Å². The molecule has 0 atom stereocenters. The lowest BCUT2D eigenvalue weighted by atomic mass is 10.1. The van der Waals surface area contributed by atoms with Crippen molar-refractivity contribution in [1.82, 2.24) is 4.57 Å². The highest BCUT2D eigenvalue weighted by molar-refractivity contribution is 5.93. The molecule has 0 aliphatic carbocycles. The van der Waals surface area contributed by atoms with Gasteiger partial charge >= 0.3 is 0 Å². The Balaban J connectivity index is 2.58. The molecule has 0 amide bonds. The van der Waals surface area contributed by atoms with Crippen LogP contribution in [0.2, 0.25) is 0 Å². The van der Waals surface area contributed by atoms with Gasteiger partial charge in [0.1, 0.15) is 0 Å². The number of aromatic nitrogens is 1. The van der Waals surface area contributed by atoms with Crippen LogP contribution < -0.4 is 11.2 Å². The summed E-state index contributed by atoms with van der Waals surface area (Å²) in [6, 6.07) is 15.4. The molecule has 3 aromatic rings. The fraction of sp³-hybridized carbons (Fsp3) is 0.133. The van der Waals surface area contributed by atoms with Crippen LogP contribution in [-0.4, -0.2) is 11.1 Å². The van der Waals surface area contributed by atoms with E-state index in [4.69, 9.17) is 5.73 Å². The Morgan fingerprint density at radius 2 is 1.39 bits per heavy atom. The van der Waals surface area contributed by atoms with Crippen LogP contribution in [0.25, 0.3) is 21.8 Å². The van der Waals surface area contributed by atoms with Gasteiger partial charge in [-0.05, 0) is 24.3 Å². The second-order valence-electron chi connectivity index (χ2n) is 4.30. The van der Waals surface area contributed by atoms with Crippen molar-refractivity contribution in [1.29, 1.82) is 0 Å². The fourth-order valence-electron chi connectivity index (χ4n) is 2.45. The first-order valence-electron chi connectivity index (χ1n) is 6.03. The first-order valence-corrected chi connectivity index (χ1v) is 6.03. The number of fused-ring (bicyclic) bond motifs is 2. The van der Waals surface area contributed by atoms with Crippen molar-refractivity contribution in [2.75, 3.05) is 6.54 Å². The number of hydrogen-bond donors (Lipinski definition) is 1. The molecule has 0 aliphatic heterocycles. The number of pyridine rings is 1. The lowest BCUT2D eigenvalue weighted by Crippen LogP contribution is -2.15. The van der Waals surface area contributed by atoms with Crippen molar-refractivity contribution in [3.63, 3.8) is 0 Å². The molecular weight excluding hydrogens is 224 g/mol. The summed E-state index contributed by atoms with van der Waals surface area (Å²) in [5.41, 5.74) is 7.68. The minimum absolute atomic E-state index is 0.0921. The molecule has 3 nitrogen and oxygen atoms in total. The van der Waals surface area contributed by atoms with Crippen molar-refractivity contribution in [2.45, 2.75) is 6.54 Å². The standard InChI is InChI=1S/C15H14N2O/c16-9-10-17-13-7-3-1-5-11(13)15(18)12-6-2-4-8-14(12)17/h1-8H,9-10,16H2. The highest BCUT2D eigenvalue weighted by atomic mass is 16.1. The summed E-state index contributed by atoms with van der Waals surface area (Å²) in [4.78, 5) is 12.4.